The first kappa shape index (κ1) is 30.6. The monoisotopic (exact) mass is 468 g/mol. The van der Waals surface area contributed by atoms with Gasteiger partial charge in [0.1, 0.15) is 0 Å². The largest absolute Gasteiger partial charge is 0.394 e. The number of thiophene rings is 1. The predicted molar refractivity (Wildman–Crippen MR) is 147 cm³/mol. The highest BCUT2D eigenvalue weighted by molar-refractivity contribution is 7.80. The fourth-order valence-corrected chi connectivity index (χ4v) is 4.43. The van der Waals surface area contributed by atoms with E-state index in [0.29, 0.717) is 4.99 Å². The van der Waals surface area contributed by atoms with Crippen LogP contribution in [-0.4, -0.2) is 29.5 Å². The van der Waals surface area contributed by atoms with E-state index in [-0.39, 0.29) is 0 Å². The molecule has 0 amide bonds. The van der Waals surface area contributed by atoms with Crippen LogP contribution in [0.1, 0.15) is 123 Å². The van der Waals surface area contributed by atoms with Crippen LogP contribution in [0.5, 0.6) is 0 Å². The zero-order valence-electron chi connectivity index (χ0n) is 20.8. The standard InChI is InChI=1S/C21H43N.C4H4S.C2H5NS/c1-2-22-20-18-16-14-12-10-8-6-4-3-5-7-9-11-13-15-17-19-21-22;1-2-4-5-3-1;1-2(3)4/h2-21H2,1H3;1-4H;1H3,(H2,3,4). The van der Waals surface area contributed by atoms with Gasteiger partial charge in [0.2, 0.25) is 0 Å². The first-order valence-electron chi connectivity index (χ1n) is 13.1. The summed E-state index contributed by atoms with van der Waals surface area (Å²) in [7, 11) is 0. The van der Waals surface area contributed by atoms with E-state index in [1.807, 2.05) is 22.9 Å². The summed E-state index contributed by atoms with van der Waals surface area (Å²) in [5, 5.41) is 4.08. The number of nitrogens with two attached hydrogens (primary N) is 1. The predicted octanol–water partition coefficient (Wildman–Crippen LogP) is 8.99. The molecule has 0 saturated carbocycles. The molecule has 0 radical (unpaired) electrons. The van der Waals surface area contributed by atoms with Gasteiger partial charge in [-0.3, -0.25) is 0 Å². The van der Waals surface area contributed by atoms with Crippen LogP contribution < -0.4 is 5.73 Å². The van der Waals surface area contributed by atoms with E-state index < -0.39 is 0 Å². The second kappa shape index (κ2) is 25.8. The molecular weight excluding hydrogens is 416 g/mol. The molecule has 0 spiro atoms. The van der Waals surface area contributed by atoms with Gasteiger partial charge in [-0.2, -0.15) is 11.3 Å². The molecular formula is C27H52N2S2. The molecule has 1 aliphatic rings. The smallest absolute Gasteiger partial charge is 0.0695 e. The molecule has 1 fully saturated rings. The molecule has 1 aromatic heterocycles. The highest BCUT2D eigenvalue weighted by Crippen LogP contribution is 2.14. The minimum absolute atomic E-state index is 0.500. The van der Waals surface area contributed by atoms with E-state index in [0.717, 1.165) is 0 Å². The van der Waals surface area contributed by atoms with Crippen molar-refractivity contribution in [3.8, 4) is 0 Å². The highest BCUT2D eigenvalue weighted by Gasteiger charge is 2.02. The Kier molecular flexibility index (Phi) is 25.4. The Hall–Kier alpha value is -0.450. The topological polar surface area (TPSA) is 29.3 Å². The molecule has 1 saturated heterocycles. The van der Waals surface area contributed by atoms with Crippen molar-refractivity contribution < 1.29 is 0 Å². The SMILES string of the molecule is CC(N)=S.CCN1CCCCCCCCCCCCCCCCCCC1.c1ccsc1. The summed E-state index contributed by atoms with van der Waals surface area (Å²) in [6, 6.07) is 4.04. The van der Waals surface area contributed by atoms with E-state index in [4.69, 9.17) is 5.73 Å². The summed E-state index contributed by atoms with van der Waals surface area (Å²) in [6.45, 7) is 7.95. The Balaban J connectivity index is 0.000000824. The minimum atomic E-state index is 0.500. The Morgan fingerprint density at radius 2 is 0.935 bits per heavy atom. The summed E-state index contributed by atoms with van der Waals surface area (Å²) in [5.74, 6) is 0. The number of thiocarbonyl (C=S) groups is 1. The number of rotatable bonds is 1. The third-order valence-corrected chi connectivity index (χ3v) is 6.45. The van der Waals surface area contributed by atoms with Gasteiger partial charge in [-0.25, -0.2) is 0 Å². The van der Waals surface area contributed by atoms with Crippen molar-refractivity contribution >= 4 is 28.5 Å². The van der Waals surface area contributed by atoms with Crippen molar-refractivity contribution in [1.82, 2.24) is 4.90 Å². The van der Waals surface area contributed by atoms with Crippen LogP contribution >= 0.6 is 23.6 Å². The van der Waals surface area contributed by atoms with Crippen molar-refractivity contribution in [3.05, 3.63) is 22.9 Å². The molecule has 2 rings (SSSR count). The van der Waals surface area contributed by atoms with Gasteiger partial charge in [-0.15, -0.1) is 0 Å². The van der Waals surface area contributed by atoms with Gasteiger partial charge >= 0.3 is 0 Å². The number of hydrogen-bond acceptors (Lipinski definition) is 3. The van der Waals surface area contributed by atoms with Gasteiger partial charge in [0.05, 0.1) is 4.99 Å². The van der Waals surface area contributed by atoms with Crippen molar-refractivity contribution in [2.45, 2.75) is 123 Å². The second-order valence-electron chi connectivity index (χ2n) is 8.85. The first-order chi connectivity index (χ1) is 15.2. The first-order valence-corrected chi connectivity index (χ1v) is 14.5. The van der Waals surface area contributed by atoms with Gasteiger partial charge < -0.3 is 10.6 Å². The maximum Gasteiger partial charge on any atom is 0.0695 e. The molecule has 0 aromatic carbocycles. The van der Waals surface area contributed by atoms with Crippen LogP contribution in [0.2, 0.25) is 0 Å². The molecule has 2 N–H and O–H groups in total. The Labute approximate surface area is 204 Å². The van der Waals surface area contributed by atoms with Gasteiger partial charge in [0.25, 0.3) is 0 Å². The van der Waals surface area contributed by atoms with E-state index in [2.05, 4.69) is 24.0 Å². The van der Waals surface area contributed by atoms with Crippen LogP contribution in [0.25, 0.3) is 0 Å². The third-order valence-electron chi connectivity index (χ3n) is 5.82. The molecule has 182 valence electrons. The molecule has 0 atom stereocenters. The van der Waals surface area contributed by atoms with Crippen LogP contribution in [0.4, 0.5) is 0 Å². The molecule has 1 aliphatic heterocycles. The van der Waals surface area contributed by atoms with Crippen molar-refractivity contribution in [3.63, 3.8) is 0 Å². The van der Waals surface area contributed by atoms with Crippen molar-refractivity contribution in [2.75, 3.05) is 19.6 Å². The van der Waals surface area contributed by atoms with Gasteiger partial charge in [-0.05, 0) is 50.2 Å². The molecule has 4 heteroatoms. The van der Waals surface area contributed by atoms with E-state index in [1.165, 1.54) is 129 Å². The molecule has 31 heavy (non-hydrogen) atoms. The van der Waals surface area contributed by atoms with Crippen LogP contribution in [0.3, 0.4) is 0 Å². The Morgan fingerprint density at radius 1 is 0.677 bits per heavy atom. The maximum atomic E-state index is 4.84. The summed E-state index contributed by atoms with van der Waals surface area (Å²) < 4.78 is 0. The molecule has 2 heterocycles. The zero-order valence-corrected chi connectivity index (χ0v) is 22.4. The van der Waals surface area contributed by atoms with Crippen LogP contribution in [0.15, 0.2) is 22.9 Å². The molecule has 2 nitrogen and oxygen atoms in total. The highest BCUT2D eigenvalue weighted by atomic mass is 32.1. The van der Waals surface area contributed by atoms with Gasteiger partial charge in [-0.1, -0.05) is 128 Å². The average molecular weight is 469 g/mol. The summed E-state index contributed by atoms with van der Waals surface area (Å²) in [6.07, 6.45) is 25.1. The van der Waals surface area contributed by atoms with Crippen LogP contribution in [0, 0.1) is 0 Å². The lowest BCUT2D eigenvalue weighted by molar-refractivity contribution is 0.273. The number of hydrogen-bond donors (Lipinski definition) is 1. The average Bonchev–Trinajstić information content (AvgIpc) is 3.33. The second-order valence-corrected chi connectivity index (χ2v) is 10.3. The van der Waals surface area contributed by atoms with Crippen LogP contribution in [-0.2, 0) is 0 Å². The summed E-state index contributed by atoms with van der Waals surface area (Å²) in [5.41, 5.74) is 4.84. The normalized spacial score (nSPS) is 19.0. The molecule has 1 aromatic rings. The molecule has 0 aliphatic carbocycles. The van der Waals surface area contributed by atoms with Crippen molar-refractivity contribution in [1.29, 1.82) is 0 Å². The lowest BCUT2D eigenvalue weighted by atomic mass is 10.0. The van der Waals surface area contributed by atoms with Gasteiger partial charge in [0, 0.05) is 0 Å². The van der Waals surface area contributed by atoms with E-state index in [1.54, 1.807) is 18.3 Å². The summed E-state index contributed by atoms with van der Waals surface area (Å²) in [4.78, 5) is 3.18. The third kappa shape index (κ3) is 27.5. The fourth-order valence-electron chi connectivity index (χ4n) is 3.98. The minimum Gasteiger partial charge on any atom is -0.394 e. The fraction of sp³-hybridized carbons (Fsp3) is 0.815. The molecule has 0 unspecified atom stereocenters. The number of nitrogens with zero attached hydrogens (tertiary/aromatic N) is 1. The maximum absolute atomic E-state index is 4.84. The lowest BCUT2D eigenvalue weighted by Crippen LogP contribution is -2.25. The van der Waals surface area contributed by atoms with E-state index in [9.17, 15) is 0 Å². The van der Waals surface area contributed by atoms with Gasteiger partial charge in [0.15, 0.2) is 0 Å². The van der Waals surface area contributed by atoms with E-state index >= 15 is 0 Å². The quantitative estimate of drug-likeness (QED) is 0.417. The zero-order chi connectivity index (χ0) is 22.8. The molecule has 0 bridgehead atoms. The summed E-state index contributed by atoms with van der Waals surface area (Å²) >= 11 is 6.03. The Morgan fingerprint density at radius 3 is 1.13 bits per heavy atom. The lowest BCUT2D eigenvalue weighted by Gasteiger charge is -2.20. The Bertz CT molecular complexity index is 407. The van der Waals surface area contributed by atoms with Crippen molar-refractivity contribution in [2.24, 2.45) is 5.73 Å².